The monoisotopic (exact) mass is 328 g/mol. The van der Waals surface area contributed by atoms with E-state index in [9.17, 15) is 0 Å². The van der Waals surface area contributed by atoms with Crippen molar-refractivity contribution in [3.63, 3.8) is 0 Å². The molecule has 0 aromatic carbocycles. The van der Waals surface area contributed by atoms with E-state index in [0.29, 0.717) is 13.2 Å². The lowest BCUT2D eigenvalue weighted by Crippen LogP contribution is -2.42. The number of ether oxygens (including phenoxy) is 4. The third kappa shape index (κ3) is 2.04. The van der Waals surface area contributed by atoms with E-state index in [1.54, 1.807) is 7.11 Å². The molecular weight excluding hydrogens is 311 g/mol. The van der Waals surface area contributed by atoms with Crippen LogP contribution in [-0.4, -0.2) is 48.3 Å². The van der Waals surface area contributed by atoms with Crippen molar-refractivity contribution in [3.8, 4) is 0 Å². The van der Waals surface area contributed by atoms with Crippen LogP contribution in [0.4, 0.5) is 0 Å². The van der Waals surface area contributed by atoms with Gasteiger partial charge in [-0.15, -0.1) is 0 Å². The van der Waals surface area contributed by atoms with E-state index in [-0.39, 0.29) is 28.0 Å². The molecule has 88 valence electrons. The second kappa shape index (κ2) is 4.44. The molecular formula is C10H17IO4. The van der Waals surface area contributed by atoms with Gasteiger partial charge in [0.2, 0.25) is 0 Å². The van der Waals surface area contributed by atoms with E-state index in [2.05, 4.69) is 22.6 Å². The summed E-state index contributed by atoms with van der Waals surface area (Å²) < 4.78 is 22.3. The zero-order valence-electron chi connectivity index (χ0n) is 9.23. The van der Waals surface area contributed by atoms with Crippen molar-refractivity contribution < 1.29 is 18.9 Å². The number of fused-ring (bicyclic) bond motifs is 1. The third-order valence-corrected chi connectivity index (χ3v) is 4.41. The lowest BCUT2D eigenvalue weighted by atomic mass is 10.1. The SMILES string of the molecule is CO[C@@H]1CO[C@@H]2[C@H](OC(C)C)CO[C@@]21I. The van der Waals surface area contributed by atoms with Gasteiger partial charge in [-0.05, 0) is 36.4 Å². The van der Waals surface area contributed by atoms with Crippen LogP contribution >= 0.6 is 22.6 Å². The van der Waals surface area contributed by atoms with Crippen molar-refractivity contribution in [2.45, 2.75) is 41.9 Å². The van der Waals surface area contributed by atoms with E-state index in [1.807, 2.05) is 13.8 Å². The Morgan fingerprint density at radius 1 is 1.40 bits per heavy atom. The maximum Gasteiger partial charge on any atom is 0.175 e. The topological polar surface area (TPSA) is 36.9 Å². The van der Waals surface area contributed by atoms with Gasteiger partial charge in [0.05, 0.1) is 19.3 Å². The van der Waals surface area contributed by atoms with Crippen LogP contribution in [0.5, 0.6) is 0 Å². The second-order valence-corrected chi connectivity index (χ2v) is 5.90. The van der Waals surface area contributed by atoms with Crippen molar-refractivity contribution in [2.75, 3.05) is 20.3 Å². The van der Waals surface area contributed by atoms with Crippen LogP contribution in [-0.2, 0) is 18.9 Å². The minimum Gasteiger partial charge on any atom is -0.375 e. The molecule has 0 unspecified atom stereocenters. The highest BCUT2D eigenvalue weighted by Crippen LogP contribution is 2.45. The molecule has 2 heterocycles. The maximum atomic E-state index is 5.79. The summed E-state index contributed by atoms with van der Waals surface area (Å²) in [6.45, 7) is 5.22. The van der Waals surface area contributed by atoms with Crippen molar-refractivity contribution >= 4 is 22.6 Å². The molecule has 0 bridgehead atoms. The predicted molar refractivity (Wildman–Crippen MR) is 63.2 cm³/mol. The zero-order valence-corrected chi connectivity index (χ0v) is 11.4. The molecule has 0 aromatic heterocycles. The van der Waals surface area contributed by atoms with Crippen LogP contribution in [0, 0.1) is 0 Å². The van der Waals surface area contributed by atoms with Crippen LogP contribution in [0.15, 0.2) is 0 Å². The van der Waals surface area contributed by atoms with Crippen LogP contribution in [0.1, 0.15) is 13.8 Å². The van der Waals surface area contributed by atoms with Gasteiger partial charge < -0.3 is 18.9 Å². The third-order valence-electron chi connectivity index (χ3n) is 2.79. The van der Waals surface area contributed by atoms with Gasteiger partial charge in [0.15, 0.2) is 3.61 Å². The molecule has 4 nitrogen and oxygen atoms in total. The van der Waals surface area contributed by atoms with Crippen molar-refractivity contribution in [1.82, 2.24) is 0 Å². The van der Waals surface area contributed by atoms with Crippen molar-refractivity contribution in [1.29, 1.82) is 0 Å². The van der Waals surface area contributed by atoms with E-state index >= 15 is 0 Å². The Morgan fingerprint density at radius 3 is 2.73 bits per heavy atom. The van der Waals surface area contributed by atoms with E-state index in [4.69, 9.17) is 18.9 Å². The van der Waals surface area contributed by atoms with Crippen molar-refractivity contribution in [3.05, 3.63) is 0 Å². The fourth-order valence-electron chi connectivity index (χ4n) is 2.12. The number of alkyl halides is 1. The summed E-state index contributed by atoms with van der Waals surface area (Å²) in [6, 6.07) is 0. The molecule has 0 spiro atoms. The summed E-state index contributed by atoms with van der Waals surface area (Å²) in [4.78, 5) is 0. The Morgan fingerprint density at radius 2 is 2.13 bits per heavy atom. The molecule has 5 heteroatoms. The normalized spacial score (nSPS) is 45.0. The quantitative estimate of drug-likeness (QED) is 0.579. The Labute approximate surface area is 104 Å². The Kier molecular flexibility index (Phi) is 3.57. The second-order valence-electron chi connectivity index (χ2n) is 4.21. The average molecular weight is 328 g/mol. The highest BCUT2D eigenvalue weighted by Gasteiger charge is 2.59. The molecule has 0 saturated carbocycles. The summed E-state index contributed by atoms with van der Waals surface area (Å²) in [5, 5.41) is 0. The molecule has 2 rings (SSSR count). The number of hydrogen-bond acceptors (Lipinski definition) is 4. The van der Waals surface area contributed by atoms with Crippen LogP contribution < -0.4 is 0 Å². The molecule has 0 N–H and O–H groups in total. The van der Waals surface area contributed by atoms with Gasteiger partial charge in [-0.25, -0.2) is 0 Å². The Bertz CT molecular complexity index is 235. The summed E-state index contributed by atoms with van der Waals surface area (Å²) in [5.41, 5.74) is 0. The van der Waals surface area contributed by atoms with Gasteiger partial charge >= 0.3 is 0 Å². The number of methoxy groups -OCH3 is 1. The number of rotatable bonds is 3. The summed E-state index contributed by atoms with van der Waals surface area (Å²) in [5.74, 6) is 0. The highest BCUT2D eigenvalue weighted by atomic mass is 127. The fourth-order valence-corrected chi connectivity index (χ4v) is 3.32. The molecule has 15 heavy (non-hydrogen) atoms. The van der Waals surface area contributed by atoms with Gasteiger partial charge in [0.25, 0.3) is 0 Å². The molecule has 2 saturated heterocycles. The average Bonchev–Trinajstić information content (AvgIpc) is 2.63. The lowest BCUT2D eigenvalue weighted by Gasteiger charge is -2.26. The smallest absolute Gasteiger partial charge is 0.175 e. The van der Waals surface area contributed by atoms with Gasteiger partial charge in [-0.3, -0.25) is 0 Å². The summed E-state index contributed by atoms with van der Waals surface area (Å²) >= 11 is 2.29. The minimum atomic E-state index is -0.369. The van der Waals surface area contributed by atoms with Gasteiger partial charge in [0, 0.05) is 7.11 Å². The molecule has 0 aromatic rings. The zero-order chi connectivity index (χ0) is 11.1. The first kappa shape index (κ1) is 12.0. The molecule has 0 amide bonds. The molecule has 0 aliphatic carbocycles. The maximum absolute atomic E-state index is 5.79. The molecule has 0 radical (unpaired) electrons. The Balaban J connectivity index is 2.06. The predicted octanol–water partition coefficient (Wildman–Crippen LogP) is 1.36. The number of halogens is 1. The van der Waals surface area contributed by atoms with E-state index in [0.717, 1.165) is 0 Å². The van der Waals surface area contributed by atoms with E-state index in [1.165, 1.54) is 0 Å². The van der Waals surface area contributed by atoms with Gasteiger partial charge in [-0.2, -0.15) is 0 Å². The standard InChI is InChI=1S/C10H17IO4/c1-6(2)15-7-4-14-10(11)8(12-3)5-13-9(7)10/h6-9H,4-5H2,1-3H3/t7-,8-,9-,10-/m1/s1. The first-order chi connectivity index (χ1) is 7.08. The molecule has 2 aliphatic rings. The highest BCUT2D eigenvalue weighted by molar-refractivity contribution is 14.1. The largest absolute Gasteiger partial charge is 0.375 e. The lowest BCUT2D eigenvalue weighted by molar-refractivity contribution is -0.0630. The molecule has 4 atom stereocenters. The van der Waals surface area contributed by atoms with Crippen molar-refractivity contribution in [2.24, 2.45) is 0 Å². The molecule has 2 fully saturated rings. The minimum absolute atomic E-state index is 0.00358. The molecule has 2 aliphatic heterocycles. The first-order valence-corrected chi connectivity index (χ1v) is 6.28. The van der Waals surface area contributed by atoms with Crippen LogP contribution in [0.3, 0.4) is 0 Å². The number of hydrogen-bond donors (Lipinski definition) is 0. The van der Waals surface area contributed by atoms with E-state index < -0.39 is 0 Å². The van der Waals surface area contributed by atoms with Gasteiger partial charge in [-0.1, -0.05) is 0 Å². The first-order valence-electron chi connectivity index (χ1n) is 5.20. The van der Waals surface area contributed by atoms with Crippen LogP contribution in [0.2, 0.25) is 0 Å². The van der Waals surface area contributed by atoms with Gasteiger partial charge in [0.1, 0.15) is 18.3 Å². The fraction of sp³-hybridized carbons (Fsp3) is 1.00. The Hall–Kier alpha value is 0.570. The summed E-state index contributed by atoms with van der Waals surface area (Å²) in [6.07, 6.45) is 0.221. The van der Waals surface area contributed by atoms with Crippen LogP contribution in [0.25, 0.3) is 0 Å². The summed E-state index contributed by atoms with van der Waals surface area (Å²) in [7, 11) is 1.69.